The molecule has 30 heavy (non-hydrogen) atoms. The SMILES string of the molecule is CCCCCCCCc1ccccc1ON(C(C)OCC)C(C)(C)c1ccccc1. The lowest BCUT2D eigenvalue weighted by Crippen LogP contribution is -2.50. The van der Waals surface area contributed by atoms with Crippen molar-refractivity contribution >= 4 is 0 Å². The molecule has 0 N–H and O–H groups in total. The fourth-order valence-electron chi connectivity index (χ4n) is 3.93. The molecule has 1 atom stereocenters. The van der Waals surface area contributed by atoms with Crippen LogP contribution in [0, 0.1) is 0 Å². The third kappa shape index (κ3) is 7.14. The Morgan fingerprint density at radius 2 is 1.47 bits per heavy atom. The molecule has 0 amide bonds. The number of unbranched alkanes of at least 4 members (excludes halogenated alkanes) is 5. The van der Waals surface area contributed by atoms with Gasteiger partial charge in [0.1, 0.15) is 6.23 Å². The monoisotopic (exact) mass is 411 g/mol. The molecule has 3 nitrogen and oxygen atoms in total. The Morgan fingerprint density at radius 3 is 2.17 bits per heavy atom. The zero-order chi connectivity index (χ0) is 21.8. The van der Waals surface area contributed by atoms with E-state index in [1.807, 2.05) is 18.1 Å². The number of rotatable bonds is 14. The lowest BCUT2D eigenvalue weighted by Gasteiger charge is -2.41. The molecule has 0 aliphatic heterocycles. The molecule has 0 aliphatic rings. The fourth-order valence-corrected chi connectivity index (χ4v) is 3.93. The molecule has 0 aliphatic carbocycles. The first kappa shape index (κ1) is 24.4. The Balaban J connectivity index is 2.16. The van der Waals surface area contributed by atoms with Crippen molar-refractivity contribution in [3.8, 4) is 5.75 Å². The summed E-state index contributed by atoms with van der Waals surface area (Å²) < 4.78 is 5.96. The first-order valence-corrected chi connectivity index (χ1v) is 11.7. The minimum atomic E-state index is -0.344. The van der Waals surface area contributed by atoms with E-state index in [4.69, 9.17) is 9.57 Å². The summed E-state index contributed by atoms with van der Waals surface area (Å²) in [4.78, 5) is 6.58. The summed E-state index contributed by atoms with van der Waals surface area (Å²) in [6.45, 7) is 11.4. The van der Waals surface area contributed by atoms with Crippen LogP contribution in [0.3, 0.4) is 0 Å². The first-order chi connectivity index (χ1) is 14.5. The maximum absolute atomic E-state index is 6.58. The van der Waals surface area contributed by atoms with Crippen LogP contribution in [0.4, 0.5) is 0 Å². The van der Waals surface area contributed by atoms with Crippen LogP contribution in [0.15, 0.2) is 54.6 Å². The van der Waals surface area contributed by atoms with Crippen molar-refractivity contribution in [2.45, 2.75) is 91.3 Å². The number of hydroxylamine groups is 2. The van der Waals surface area contributed by atoms with Gasteiger partial charge in [-0.3, -0.25) is 0 Å². The van der Waals surface area contributed by atoms with Gasteiger partial charge < -0.3 is 9.57 Å². The van der Waals surface area contributed by atoms with Gasteiger partial charge in [-0.1, -0.05) is 87.6 Å². The molecule has 3 heteroatoms. The molecular formula is C27H41NO2. The highest BCUT2D eigenvalue weighted by molar-refractivity contribution is 5.33. The van der Waals surface area contributed by atoms with Gasteiger partial charge >= 0.3 is 0 Å². The lowest BCUT2D eigenvalue weighted by atomic mass is 9.93. The highest BCUT2D eigenvalue weighted by Gasteiger charge is 2.35. The standard InChI is InChI=1S/C27H41NO2/c1-6-8-9-10-11-13-18-24-19-16-17-22-26(24)30-28(23(3)29-7-2)27(4,5)25-20-14-12-15-21-25/h12,14-17,19-23H,6-11,13,18H2,1-5H3. The fraction of sp³-hybridized carbons (Fsp3) is 0.556. The van der Waals surface area contributed by atoms with Crippen molar-refractivity contribution in [2.75, 3.05) is 6.61 Å². The summed E-state index contributed by atoms with van der Waals surface area (Å²) in [5.41, 5.74) is 2.12. The zero-order valence-electron chi connectivity index (χ0n) is 19.7. The van der Waals surface area contributed by atoms with Gasteiger partial charge in [-0.15, -0.1) is 5.06 Å². The van der Waals surface area contributed by atoms with Crippen molar-refractivity contribution in [3.63, 3.8) is 0 Å². The number of ether oxygens (including phenoxy) is 1. The smallest absolute Gasteiger partial charge is 0.150 e. The molecule has 1 unspecified atom stereocenters. The van der Waals surface area contributed by atoms with Gasteiger partial charge in [0.2, 0.25) is 0 Å². The largest absolute Gasteiger partial charge is 0.402 e. The van der Waals surface area contributed by atoms with Crippen LogP contribution in [-0.4, -0.2) is 17.9 Å². The molecule has 2 aromatic rings. The van der Waals surface area contributed by atoms with Crippen LogP contribution >= 0.6 is 0 Å². The highest BCUT2D eigenvalue weighted by Crippen LogP contribution is 2.33. The third-order valence-corrected chi connectivity index (χ3v) is 5.74. The van der Waals surface area contributed by atoms with E-state index in [9.17, 15) is 0 Å². The summed E-state index contributed by atoms with van der Waals surface area (Å²) in [5.74, 6) is 0.932. The van der Waals surface area contributed by atoms with E-state index in [-0.39, 0.29) is 11.8 Å². The topological polar surface area (TPSA) is 21.7 Å². The maximum Gasteiger partial charge on any atom is 0.150 e. The van der Waals surface area contributed by atoms with E-state index in [1.165, 1.54) is 49.7 Å². The second kappa shape index (κ2) is 12.8. The molecule has 0 aromatic heterocycles. The molecule has 166 valence electrons. The number of benzene rings is 2. The van der Waals surface area contributed by atoms with Crippen LogP contribution in [0.25, 0.3) is 0 Å². The normalized spacial score (nSPS) is 12.9. The molecule has 0 saturated heterocycles. The maximum atomic E-state index is 6.58. The predicted octanol–water partition coefficient (Wildman–Crippen LogP) is 7.50. The minimum absolute atomic E-state index is 0.174. The summed E-state index contributed by atoms with van der Waals surface area (Å²) in [7, 11) is 0. The summed E-state index contributed by atoms with van der Waals surface area (Å²) in [5, 5.41) is 2.01. The molecule has 0 spiro atoms. The van der Waals surface area contributed by atoms with E-state index in [2.05, 4.69) is 76.2 Å². The molecular weight excluding hydrogens is 370 g/mol. The van der Waals surface area contributed by atoms with Gasteiger partial charge in [-0.05, 0) is 57.7 Å². The van der Waals surface area contributed by atoms with Crippen molar-refractivity contribution in [1.29, 1.82) is 0 Å². The predicted molar refractivity (Wildman–Crippen MR) is 127 cm³/mol. The van der Waals surface area contributed by atoms with Crippen LogP contribution in [0.1, 0.15) is 84.3 Å². The van der Waals surface area contributed by atoms with E-state index < -0.39 is 0 Å². The van der Waals surface area contributed by atoms with E-state index in [0.29, 0.717) is 6.61 Å². The van der Waals surface area contributed by atoms with Crippen molar-refractivity contribution in [2.24, 2.45) is 0 Å². The van der Waals surface area contributed by atoms with Gasteiger partial charge in [0.25, 0.3) is 0 Å². The average Bonchev–Trinajstić information content (AvgIpc) is 2.76. The van der Waals surface area contributed by atoms with Gasteiger partial charge in [0.05, 0.1) is 5.54 Å². The Hall–Kier alpha value is -1.84. The van der Waals surface area contributed by atoms with Crippen LogP contribution in [-0.2, 0) is 16.7 Å². The molecule has 2 rings (SSSR count). The van der Waals surface area contributed by atoms with Crippen molar-refractivity contribution in [3.05, 3.63) is 65.7 Å². The summed E-state index contributed by atoms with van der Waals surface area (Å²) >= 11 is 0. The molecule has 2 aromatic carbocycles. The van der Waals surface area contributed by atoms with Crippen LogP contribution in [0.5, 0.6) is 5.75 Å². The van der Waals surface area contributed by atoms with Crippen molar-refractivity contribution < 1.29 is 9.57 Å². The van der Waals surface area contributed by atoms with E-state index in [1.54, 1.807) is 0 Å². The van der Waals surface area contributed by atoms with Crippen LogP contribution in [0.2, 0.25) is 0 Å². The second-order valence-corrected chi connectivity index (χ2v) is 8.52. The number of hydrogen-bond acceptors (Lipinski definition) is 3. The lowest BCUT2D eigenvalue weighted by molar-refractivity contribution is -0.237. The Labute approximate surface area is 184 Å². The Bertz CT molecular complexity index is 714. The number of para-hydroxylation sites is 1. The molecule has 0 bridgehead atoms. The van der Waals surface area contributed by atoms with Gasteiger partial charge in [0.15, 0.2) is 5.75 Å². The third-order valence-electron chi connectivity index (χ3n) is 5.74. The first-order valence-electron chi connectivity index (χ1n) is 11.7. The average molecular weight is 412 g/mol. The highest BCUT2D eigenvalue weighted by atomic mass is 16.7. The summed E-state index contributed by atoms with van der Waals surface area (Å²) in [6.07, 6.45) is 8.67. The Kier molecular flexibility index (Phi) is 10.4. The van der Waals surface area contributed by atoms with Crippen LogP contribution < -0.4 is 4.84 Å². The second-order valence-electron chi connectivity index (χ2n) is 8.52. The Morgan fingerprint density at radius 1 is 0.833 bits per heavy atom. The van der Waals surface area contributed by atoms with Gasteiger partial charge in [0, 0.05) is 6.61 Å². The quantitative estimate of drug-likeness (QED) is 0.182. The van der Waals surface area contributed by atoms with Gasteiger partial charge in [-0.25, -0.2) is 0 Å². The number of hydrogen-bond donors (Lipinski definition) is 0. The van der Waals surface area contributed by atoms with E-state index in [0.717, 1.165) is 12.2 Å². The zero-order valence-corrected chi connectivity index (χ0v) is 19.7. The number of aryl methyl sites for hydroxylation is 1. The van der Waals surface area contributed by atoms with Gasteiger partial charge in [-0.2, -0.15) is 0 Å². The molecule has 0 fully saturated rings. The summed E-state index contributed by atoms with van der Waals surface area (Å²) in [6, 6.07) is 18.9. The molecule has 0 radical (unpaired) electrons. The molecule has 0 saturated carbocycles. The number of nitrogens with zero attached hydrogens (tertiary/aromatic N) is 1. The minimum Gasteiger partial charge on any atom is -0.402 e. The molecule has 0 heterocycles. The van der Waals surface area contributed by atoms with Crippen molar-refractivity contribution in [1.82, 2.24) is 5.06 Å². The van der Waals surface area contributed by atoms with E-state index >= 15 is 0 Å².